The van der Waals surface area contributed by atoms with Gasteiger partial charge in [-0.1, -0.05) is 12.1 Å². The van der Waals surface area contributed by atoms with Gasteiger partial charge in [0.25, 0.3) is 0 Å². The number of halogens is 4. The summed E-state index contributed by atoms with van der Waals surface area (Å²) in [7, 11) is 0. The standard InChI is InChI=1S/C24H24F4N6O3/c1-2-37-20-10-19-14(9-18(20)25)3-5-16(32-19)12-31-33-21-6-4-15(11-30-21)22(24(26,27)28)34(23(35)36)17-7-8-29-13-17/h3-6,9-12,17,22,29H,2,7-8,13H2,1H3,(H,30,33)(H,35,36)/b31-12+/t17-,22+/m0/s1. The molecule has 1 aliphatic heterocycles. The van der Waals surface area contributed by atoms with Gasteiger partial charge < -0.3 is 15.2 Å². The lowest BCUT2D eigenvalue weighted by molar-refractivity contribution is -0.185. The molecule has 3 heterocycles. The Morgan fingerprint density at radius 3 is 2.78 bits per heavy atom. The van der Waals surface area contributed by atoms with Crippen LogP contribution in [0.3, 0.4) is 0 Å². The molecule has 13 heteroatoms. The molecule has 0 aliphatic carbocycles. The molecule has 1 aliphatic rings. The topological polar surface area (TPSA) is 112 Å². The minimum atomic E-state index is -4.83. The maximum Gasteiger partial charge on any atom is 0.413 e. The Hall–Kier alpha value is -4.00. The minimum absolute atomic E-state index is 0.0850. The first-order valence-electron chi connectivity index (χ1n) is 11.4. The Morgan fingerprint density at radius 2 is 2.16 bits per heavy atom. The molecule has 0 radical (unpaired) electrons. The number of pyridine rings is 2. The highest BCUT2D eigenvalue weighted by Gasteiger charge is 2.49. The Morgan fingerprint density at radius 1 is 1.35 bits per heavy atom. The number of alkyl halides is 3. The van der Waals surface area contributed by atoms with Gasteiger partial charge in [-0.15, -0.1) is 0 Å². The summed E-state index contributed by atoms with van der Waals surface area (Å²) in [6.45, 7) is 2.63. The molecule has 0 unspecified atom stereocenters. The van der Waals surface area contributed by atoms with E-state index < -0.39 is 30.2 Å². The van der Waals surface area contributed by atoms with E-state index in [0.717, 1.165) is 6.20 Å². The highest BCUT2D eigenvalue weighted by atomic mass is 19.4. The van der Waals surface area contributed by atoms with E-state index in [9.17, 15) is 27.5 Å². The number of hydrazone groups is 1. The predicted molar refractivity (Wildman–Crippen MR) is 128 cm³/mol. The van der Waals surface area contributed by atoms with Crippen LogP contribution in [0.1, 0.15) is 30.6 Å². The fourth-order valence-electron chi connectivity index (χ4n) is 4.14. The van der Waals surface area contributed by atoms with Crippen molar-refractivity contribution in [3.05, 3.63) is 59.7 Å². The number of carboxylic acid groups (broad SMARTS) is 1. The second-order valence-electron chi connectivity index (χ2n) is 8.27. The van der Waals surface area contributed by atoms with Crippen LogP contribution in [0.4, 0.5) is 28.2 Å². The maximum atomic E-state index is 14.0. The molecule has 0 spiro atoms. The quantitative estimate of drug-likeness (QED) is 0.227. The van der Waals surface area contributed by atoms with Gasteiger partial charge in [-0.3, -0.25) is 10.3 Å². The Labute approximate surface area is 209 Å². The van der Waals surface area contributed by atoms with E-state index in [2.05, 4.69) is 25.8 Å². The van der Waals surface area contributed by atoms with Crippen LogP contribution in [0.15, 0.2) is 47.7 Å². The number of hydrogen-bond acceptors (Lipinski definition) is 7. The zero-order valence-corrected chi connectivity index (χ0v) is 19.7. The zero-order chi connectivity index (χ0) is 26.6. The van der Waals surface area contributed by atoms with Gasteiger partial charge in [-0.05, 0) is 38.1 Å². The van der Waals surface area contributed by atoms with Gasteiger partial charge in [0.1, 0.15) is 5.82 Å². The van der Waals surface area contributed by atoms with Crippen LogP contribution in [0.5, 0.6) is 5.75 Å². The smallest absolute Gasteiger partial charge is 0.413 e. The maximum absolute atomic E-state index is 14.0. The van der Waals surface area contributed by atoms with Crippen molar-refractivity contribution in [2.45, 2.75) is 31.6 Å². The molecule has 196 valence electrons. The summed E-state index contributed by atoms with van der Waals surface area (Å²) in [6, 6.07) is 5.38. The lowest BCUT2D eigenvalue weighted by Gasteiger charge is -2.35. The first kappa shape index (κ1) is 26.1. The number of anilines is 1. The number of nitrogens with one attached hydrogen (secondary N) is 2. The number of aromatic nitrogens is 2. The van der Waals surface area contributed by atoms with Crippen molar-refractivity contribution in [2.75, 3.05) is 25.1 Å². The van der Waals surface area contributed by atoms with E-state index in [1.54, 1.807) is 19.1 Å². The predicted octanol–water partition coefficient (Wildman–Crippen LogP) is 4.56. The average molecular weight is 520 g/mol. The molecular weight excluding hydrogens is 496 g/mol. The molecular formula is C24H24F4N6O3. The summed E-state index contributed by atoms with van der Waals surface area (Å²) in [4.78, 5) is 20.5. The van der Waals surface area contributed by atoms with Crippen molar-refractivity contribution in [3.63, 3.8) is 0 Å². The summed E-state index contributed by atoms with van der Waals surface area (Å²) in [5.74, 6) is -0.262. The molecule has 2 aromatic heterocycles. The van der Waals surface area contributed by atoms with Crippen LogP contribution < -0.4 is 15.5 Å². The van der Waals surface area contributed by atoms with E-state index in [1.165, 1.54) is 30.5 Å². The van der Waals surface area contributed by atoms with Crippen molar-refractivity contribution < 1.29 is 32.2 Å². The largest absolute Gasteiger partial charge is 0.491 e. The molecule has 1 fully saturated rings. The SMILES string of the molecule is CCOc1cc2nc(/C=N/Nc3ccc([C@@H](N(C(=O)O)[C@H]4CCNC4)C(F)(F)F)cn3)ccc2cc1F. The lowest BCUT2D eigenvalue weighted by atomic mass is 10.0. The number of nitrogens with zero attached hydrogens (tertiary/aromatic N) is 4. The van der Waals surface area contributed by atoms with Crippen LogP contribution in [0.2, 0.25) is 0 Å². The molecule has 4 rings (SSSR count). The van der Waals surface area contributed by atoms with Crippen molar-refractivity contribution in [1.82, 2.24) is 20.2 Å². The minimum Gasteiger partial charge on any atom is -0.491 e. The summed E-state index contributed by atoms with van der Waals surface area (Å²) < 4.78 is 61.1. The molecule has 1 saturated heterocycles. The highest BCUT2D eigenvalue weighted by Crippen LogP contribution is 2.39. The molecule has 9 nitrogen and oxygen atoms in total. The summed E-state index contributed by atoms with van der Waals surface area (Å²) in [5.41, 5.74) is 3.24. The van der Waals surface area contributed by atoms with Crippen LogP contribution >= 0.6 is 0 Å². The molecule has 37 heavy (non-hydrogen) atoms. The molecule has 3 N–H and O–H groups in total. The number of ether oxygens (including phenoxy) is 1. The van der Waals surface area contributed by atoms with Crippen molar-refractivity contribution in [1.29, 1.82) is 0 Å². The third-order valence-corrected chi connectivity index (χ3v) is 5.78. The third kappa shape index (κ3) is 6.05. The number of benzene rings is 1. The summed E-state index contributed by atoms with van der Waals surface area (Å²) in [6.07, 6.45) is -3.85. The number of carbonyl (C=O) groups is 1. The second-order valence-corrected chi connectivity index (χ2v) is 8.27. The number of amides is 1. The average Bonchev–Trinajstić information content (AvgIpc) is 3.37. The monoisotopic (exact) mass is 520 g/mol. The lowest BCUT2D eigenvalue weighted by Crippen LogP contribution is -2.48. The first-order chi connectivity index (χ1) is 17.7. The van der Waals surface area contributed by atoms with Crippen molar-refractivity contribution in [3.8, 4) is 5.75 Å². The Bertz CT molecular complexity index is 1280. The van der Waals surface area contributed by atoms with E-state index in [4.69, 9.17) is 4.74 Å². The Kier molecular flexibility index (Phi) is 7.71. The van der Waals surface area contributed by atoms with Crippen LogP contribution in [0.25, 0.3) is 10.9 Å². The van der Waals surface area contributed by atoms with Gasteiger partial charge >= 0.3 is 12.3 Å². The zero-order valence-electron chi connectivity index (χ0n) is 19.7. The van der Waals surface area contributed by atoms with Crippen LogP contribution in [-0.2, 0) is 0 Å². The highest BCUT2D eigenvalue weighted by molar-refractivity contribution is 5.86. The summed E-state index contributed by atoms with van der Waals surface area (Å²) >= 11 is 0. The van der Waals surface area contributed by atoms with Gasteiger partial charge in [0.2, 0.25) is 0 Å². The Balaban J connectivity index is 1.49. The molecule has 3 aromatic rings. The second kappa shape index (κ2) is 10.9. The normalized spacial score (nSPS) is 16.7. The van der Waals surface area contributed by atoms with Gasteiger partial charge in [0, 0.05) is 35.8 Å². The van der Waals surface area contributed by atoms with E-state index >= 15 is 0 Å². The van der Waals surface area contributed by atoms with E-state index in [-0.39, 0.29) is 30.1 Å². The van der Waals surface area contributed by atoms with Gasteiger partial charge in [-0.25, -0.2) is 19.2 Å². The number of hydrogen-bond donors (Lipinski definition) is 3. The summed E-state index contributed by atoms with van der Waals surface area (Å²) in [5, 5.41) is 17.0. The fraction of sp³-hybridized carbons (Fsp3) is 0.333. The third-order valence-electron chi connectivity index (χ3n) is 5.78. The molecule has 1 aromatic carbocycles. The molecule has 0 bridgehead atoms. The molecule has 2 atom stereocenters. The van der Waals surface area contributed by atoms with E-state index in [0.29, 0.717) is 34.6 Å². The van der Waals surface area contributed by atoms with Gasteiger partial charge in [-0.2, -0.15) is 18.3 Å². The van der Waals surface area contributed by atoms with Gasteiger partial charge in [0.15, 0.2) is 17.6 Å². The molecule has 1 amide bonds. The number of rotatable bonds is 8. The van der Waals surface area contributed by atoms with Crippen LogP contribution in [0, 0.1) is 5.82 Å². The van der Waals surface area contributed by atoms with Crippen LogP contribution in [-0.4, -0.2) is 64.2 Å². The van der Waals surface area contributed by atoms with Crippen molar-refractivity contribution >= 4 is 29.0 Å². The molecule has 0 saturated carbocycles. The van der Waals surface area contributed by atoms with Crippen molar-refractivity contribution in [2.24, 2.45) is 5.10 Å². The van der Waals surface area contributed by atoms with E-state index in [1.807, 2.05) is 0 Å². The fourth-order valence-corrected chi connectivity index (χ4v) is 4.14. The first-order valence-corrected chi connectivity index (χ1v) is 11.4. The number of fused-ring (bicyclic) bond motifs is 1. The van der Waals surface area contributed by atoms with Gasteiger partial charge in [0.05, 0.1) is 24.0 Å².